The SMILES string of the molecule is CCCn1c(Sc2sc(C(C)O)cc2[N+](=O)[O-])n[nH]c1=O. The standard InChI is InChI=1S/C11H14N4O4S2/c1-3-4-14-10(17)12-13-11(14)21-9-7(15(18)19)5-8(20-9)6(2)16/h5-6,16H,3-4H2,1-2H3,(H,12,17). The lowest BCUT2D eigenvalue weighted by Crippen LogP contribution is -2.17. The van der Waals surface area contributed by atoms with E-state index in [1.165, 1.54) is 10.6 Å². The Morgan fingerprint density at radius 1 is 1.67 bits per heavy atom. The van der Waals surface area contributed by atoms with Gasteiger partial charge in [0, 0.05) is 17.5 Å². The van der Waals surface area contributed by atoms with E-state index in [2.05, 4.69) is 10.2 Å². The molecule has 0 aliphatic carbocycles. The highest BCUT2D eigenvalue weighted by Gasteiger charge is 2.23. The van der Waals surface area contributed by atoms with Crippen LogP contribution in [0.25, 0.3) is 0 Å². The molecule has 10 heteroatoms. The zero-order chi connectivity index (χ0) is 15.6. The molecule has 2 aromatic heterocycles. The summed E-state index contributed by atoms with van der Waals surface area (Å²) < 4.78 is 1.84. The van der Waals surface area contributed by atoms with Gasteiger partial charge in [-0.25, -0.2) is 9.89 Å². The number of hydrogen-bond donors (Lipinski definition) is 2. The van der Waals surface area contributed by atoms with Gasteiger partial charge in [-0.1, -0.05) is 6.92 Å². The lowest BCUT2D eigenvalue weighted by atomic mass is 10.3. The molecule has 21 heavy (non-hydrogen) atoms. The second-order valence-corrected chi connectivity index (χ2v) is 6.64. The summed E-state index contributed by atoms with van der Waals surface area (Å²) in [5.74, 6) is 0. The average molecular weight is 330 g/mol. The van der Waals surface area contributed by atoms with E-state index in [9.17, 15) is 20.0 Å². The highest BCUT2D eigenvalue weighted by atomic mass is 32.2. The zero-order valence-electron chi connectivity index (χ0n) is 11.4. The number of aromatic amines is 1. The van der Waals surface area contributed by atoms with Crippen LogP contribution >= 0.6 is 23.1 Å². The van der Waals surface area contributed by atoms with Gasteiger partial charge in [0.05, 0.1) is 11.0 Å². The van der Waals surface area contributed by atoms with E-state index in [1.54, 1.807) is 6.92 Å². The first kappa shape index (κ1) is 15.7. The summed E-state index contributed by atoms with van der Waals surface area (Å²) >= 11 is 2.18. The maximum Gasteiger partial charge on any atom is 0.343 e. The van der Waals surface area contributed by atoms with E-state index in [-0.39, 0.29) is 11.4 Å². The average Bonchev–Trinajstić information content (AvgIpc) is 2.98. The van der Waals surface area contributed by atoms with Gasteiger partial charge in [0.15, 0.2) is 5.16 Å². The number of thiophene rings is 1. The second kappa shape index (κ2) is 6.41. The van der Waals surface area contributed by atoms with Crippen LogP contribution in [0, 0.1) is 10.1 Å². The molecule has 0 saturated carbocycles. The van der Waals surface area contributed by atoms with Crippen molar-refractivity contribution in [2.45, 2.75) is 42.3 Å². The Kier molecular flexibility index (Phi) is 4.80. The summed E-state index contributed by atoms with van der Waals surface area (Å²) in [6.07, 6.45) is -0.0292. The van der Waals surface area contributed by atoms with Crippen LogP contribution in [0.5, 0.6) is 0 Å². The zero-order valence-corrected chi connectivity index (χ0v) is 13.0. The molecule has 0 aliphatic heterocycles. The third-order valence-corrected chi connectivity index (χ3v) is 5.14. The summed E-state index contributed by atoms with van der Waals surface area (Å²) in [7, 11) is 0. The van der Waals surface area contributed by atoms with Crippen LogP contribution in [0.4, 0.5) is 5.69 Å². The van der Waals surface area contributed by atoms with Crippen LogP contribution < -0.4 is 5.69 Å². The van der Waals surface area contributed by atoms with Crippen LogP contribution in [-0.4, -0.2) is 24.8 Å². The van der Waals surface area contributed by atoms with Crippen molar-refractivity contribution in [1.29, 1.82) is 0 Å². The van der Waals surface area contributed by atoms with Crippen molar-refractivity contribution in [1.82, 2.24) is 14.8 Å². The number of hydrogen-bond acceptors (Lipinski definition) is 7. The number of aromatic nitrogens is 3. The van der Waals surface area contributed by atoms with Crippen molar-refractivity contribution in [3.8, 4) is 0 Å². The normalized spacial score (nSPS) is 12.5. The molecule has 0 spiro atoms. The maximum absolute atomic E-state index is 11.6. The van der Waals surface area contributed by atoms with Crippen molar-refractivity contribution in [3.05, 3.63) is 31.5 Å². The molecule has 2 aromatic rings. The number of nitro groups is 1. The quantitative estimate of drug-likeness (QED) is 0.619. The predicted octanol–water partition coefficient (Wildman–Crippen LogP) is 2.16. The lowest BCUT2D eigenvalue weighted by molar-refractivity contribution is -0.387. The molecule has 8 nitrogen and oxygen atoms in total. The number of nitrogens with one attached hydrogen (secondary N) is 1. The van der Waals surface area contributed by atoms with Gasteiger partial charge in [0.1, 0.15) is 4.21 Å². The molecule has 1 atom stereocenters. The molecule has 2 rings (SSSR count). The third kappa shape index (κ3) is 3.34. The Balaban J connectivity index is 2.39. The maximum atomic E-state index is 11.6. The van der Waals surface area contributed by atoms with Crippen LogP contribution in [0.15, 0.2) is 20.2 Å². The molecule has 1 unspecified atom stereocenters. The summed E-state index contributed by atoms with van der Waals surface area (Å²) in [4.78, 5) is 22.7. The summed E-state index contributed by atoms with van der Waals surface area (Å²) in [6, 6.07) is 1.35. The lowest BCUT2D eigenvalue weighted by Gasteiger charge is -2.01. The number of nitrogens with zero attached hydrogens (tertiary/aromatic N) is 3. The predicted molar refractivity (Wildman–Crippen MR) is 78.9 cm³/mol. The van der Waals surface area contributed by atoms with E-state index in [0.29, 0.717) is 20.8 Å². The van der Waals surface area contributed by atoms with Gasteiger partial charge in [-0.2, -0.15) is 0 Å². The fraction of sp³-hybridized carbons (Fsp3) is 0.455. The molecule has 0 aliphatic rings. The molecule has 114 valence electrons. The topological polar surface area (TPSA) is 114 Å². The molecular weight excluding hydrogens is 316 g/mol. The monoisotopic (exact) mass is 330 g/mol. The number of H-pyrrole nitrogens is 1. The molecule has 0 aromatic carbocycles. The minimum atomic E-state index is -0.778. The minimum absolute atomic E-state index is 0.0839. The van der Waals surface area contributed by atoms with Crippen LogP contribution in [0.2, 0.25) is 0 Å². The van der Waals surface area contributed by atoms with Crippen molar-refractivity contribution in [3.63, 3.8) is 0 Å². The molecule has 0 saturated heterocycles. The van der Waals surface area contributed by atoms with Gasteiger partial charge < -0.3 is 5.11 Å². The molecular formula is C11H14N4O4S2. The summed E-state index contributed by atoms with van der Waals surface area (Å²) in [6.45, 7) is 3.96. The number of aliphatic hydroxyl groups is 1. The highest BCUT2D eigenvalue weighted by molar-refractivity contribution is 8.01. The van der Waals surface area contributed by atoms with Gasteiger partial charge >= 0.3 is 5.69 Å². The molecule has 0 radical (unpaired) electrons. The van der Waals surface area contributed by atoms with E-state index in [4.69, 9.17) is 0 Å². The number of rotatable bonds is 6. The van der Waals surface area contributed by atoms with Crippen LogP contribution in [-0.2, 0) is 6.54 Å². The minimum Gasteiger partial charge on any atom is -0.388 e. The first-order valence-electron chi connectivity index (χ1n) is 6.23. The Morgan fingerprint density at radius 2 is 2.38 bits per heavy atom. The van der Waals surface area contributed by atoms with Gasteiger partial charge in [-0.05, 0) is 25.1 Å². The molecule has 2 N–H and O–H groups in total. The molecule has 0 fully saturated rings. The Hall–Kier alpha value is -1.65. The van der Waals surface area contributed by atoms with Crippen molar-refractivity contribution < 1.29 is 10.0 Å². The Labute approximate surface area is 128 Å². The van der Waals surface area contributed by atoms with Gasteiger partial charge in [0.2, 0.25) is 0 Å². The van der Waals surface area contributed by atoms with Crippen molar-refractivity contribution in [2.24, 2.45) is 0 Å². The Bertz CT molecular complexity index is 703. The Morgan fingerprint density at radius 3 is 2.95 bits per heavy atom. The number of aliphatic hydroxyl groups excluding tert-OH is 1. The third-order valence-electron chi connectivity index (χ3n) is 2.66. The van der Waals surface area contributed by atoms with Crippen LogP contribution in [0.1, 0.15) is 31.2 Å². The molecule has 2 heterocycles. The molecule has 0 amide bonds. The smallest absolute Gasteiger partial charge is 0.343 e. The van der Waals surface area contributed by atoms with Gasteiger partial charge in [-0.15, -0.1) is 16.4 Å². The molecule has 0 bridgehead atoms. The van der Waals surface area contributed by atoms with E-state index in [0.717, 1.165) is 29.5 Å². The van der Waals surface area contributed by atoms with Crippen LogP contribution in [0.3, 0.4) is 0 Å². The van der Waals surface area contributed by atoms with Gasteiger partial charge in [0.25, 0.3) is 5.69 Å². The first-order chi connectivity index (χ1) is 9.93. The summed E-state index contributed by atoms with van der Waals surface area (Å²) in [5, 5.41) is 27.3. The van der Waals surface area contributed by atoms with E-state index >= 15 is 0 Å². The highest BCUT2D eigenvalue weighted by Crippen LogP contribution is 2.42. The van der Waals surface area contributed by atoms with E-state index < -0.39 is 11.0 Å². The van der Waals surface area contributed by atoms with E-state index in [1.807, 2.05) is 6.92 Å². The van der Waals surface area contributed by atoms with Crippen molar-refractivity contribution >= 4 is 28.8 Å². The van der Waals surface area contributed by atoms with Crippen molar-refractivity contribution in [2.75, 3.05) is 0 Å². The fourth-order valence-corrected chi connectivity index (χ4v) is 3.93. The second-order valence-electron chi connectivity index (χ2n) is 4.32. The largest absolute Gasteiger partial charge is 0.388 e. The van der Waals surface area contributed by atoms with Gasteiger partial charge in [-0.3, -0.25) is 14.7 Å². The fourth-order valence-electron chi connectivity index (χ4n) is 1.67. The summed E-state index contributed by atoms with van der Waals surface area (Å²) in [5.41, 5.74) is -0.422. The first-order valence-corrected chi connectivity index (χ1v) is 7.86.